The molecule has 0 aliphatic rings. The highest BCUT2D eigenvalue weighted by Gasteiger charge is 2.09. The second-order valence-electron chi connectivity index (χ2n) is 5.54. The first-order valence-corrected chi connectivity index (χ1v) is 7.89. The van der Waals surface area contributed by atoms with Gasteiger partial charge < -0.3 is 15.2 Å². The van der Waals surface area contributed by atoms with Crippen LogP contribution in [0, 0.1) is 0 Å². The fraction of sp³-hybridized carbons (Fsp3) is 0.158. The molecule has 0 spiro atoms. The Hall–Kier alpha value is -3.28. The summed E-state index contributed by atoms with van der Waals surface area (Å²) in [5.74, 6) is 0.788. The third-order valence-corrected chi connectivity index (χ3v) is 3.65. The van der Waals surface area contributed by atoms with E-state index in [4.69, 9.17) is 15.2 Å². The van der Waals surface area contributed by atoms with E-state index in [1.807, 2.05) is 36.5 Å². The zero-order chi connectivity index (χ0) is 17.6. The molecule has 1 amide bonds. The first-order valence-electron chi connectivity index (χ1n) is 7.89. The summed E-state index contributed by atoms with van der Waals surface area (Å²) in [4.78, 5) is 11.0. The molecule has 0 fully saturated rings. The zero-order valence-corrected chi connectivity index (χ0v) is 13.8. The molecule has 6 nitrogen and oxygen atoms in total. The van der Waals surface area contributed by atoms with Crippen molar-refractivity contribution in [1.82, 2.24) is 9.78 Å². The lowest BCUT2D eigenvalue weighted by Crippen LogP contribution is -2.30. The highest BCUT2D eigenvalue weighted by molar-refractivity contribution is 5.78. The summed E-state index contributed by atoms with van der Waals surface area (Å²) < 4.78 is 13.0. The highest BCUT2D eigenvalue weighted by Crippen LogP contribution is 2.20. The summed E-state index contributed by atoms with van der Waals surface area (Å²) in [6, 6.07) is 17.0. The van der Waals surface area contributed by atoms with E-state index >= 15 is 0 Å². The summed E-state index contributed by atoms with van der Waals surface area (Å²) in [6.07, 6.45) is 2.98. The number of benzene rings is 2. The van der Waals surface area contributed by atoms with Gasteiger partial charge >= 0.3 is 0 Å². The van der Waals surface area contributed by atoms with Gasteiger partial charge in [-0.2, -0.15) is 5.10 Å². The summed E-state index contributed by atoms with van der Waals surface area (Å²) >= 11 is 0. The minimum Gasteiger partial charge on any atom is -0.489 e. The number of amides is 1. The normalized spacial score (nSPS) is 11.7. The van der Waals surface area contributed by atoms with Crippen LogP contribution < -0.4 is 15.2 Å². The topological polar surface area (TPSA) is 79.4 Å². The van der Waals surface area contributed by atoms with E-state index in [-0.39, 0.29) is 0 Å². The van der Waals surface area contributed by atoms with E-state index in [0.29, 0.717) is 12.4 Å². The number of nitrogens with two attached hydrogens (primary N) is 1. The molecule has 128 valence electrons. The van der Waals surface area contributed by atoms with Crippen LogP contribution in [0.5, 0.6) is 11.5 Å². The van der Waals surface area contributed by atoms with E-state index in [1.165, 1.54) is 0 Å². The van der Waals surface area contributed by atoms with Crippen molar-refractivity contribution in [1.29, 1.82) is 0 Å². The van der Waals surface area contributed by atoms with Crippen molar-refractivity contribution in [2.45, 2.75) is 19.6 Å². The molecule has 0 saturated heterocycles. The van der Waals surface area contributed by atoms with Crippen molar-refractivity contribution in [3.05, 3.63) is 72.6 Å². The largest absolute Gasteiger partial charge is 0.489 e. The third kappa shape index (κ3) is 4.38. The Balaban J connectivity index is 1.55. The van der Waals surface area contributed by atoms with Crippen LogP contribution in [0.3, 0.4) is 0 Å². The summed E-state index contributed by atoms with van der Waals surface area (Å²) in [5.41, 5.74) is 7.23. The second kappa shape index (κ2) is 7.53. The predicted octanol–water partition coefficient (Wildman–Crippen LogP) is 2.70. The van der Waals surface area contributed by atoms with Crippen molar-refractivity contribution >= 4 is 5.91 Å². The van der Waals surface area contributed by atoms with Crippen LogP contribution >= 0.6 is 0 Å². The van der Waals surface area contributed by atoms with Crippen molar-refractivity contribution in [2.24, 2.45) is 5.73 Å². The van der Waals surface area contributed by atoms with E-state index in [1.54, 1.807) is 42.1 Å². The molecular formula is C19H19N3O3. The molecule has 0 aliphatic carbocycles. The van der Waals surface area contributed by atoms with Crippen LogP contribution in [0.4, 0.5) is 0 Å². The quantitative estimate of drug-likeness (QED) is 0.719. The average molecular weight is 337 g/mol. The fourth-order valence-corrected chi connectivity index (χ4v) is 2.21. The van der Waals surface area contributed by atoms with E-state index in [0.717, 1.165) is 17.0 Å². The minimum absolute atomic E-state index is 0.456. The first-order chi connectivity index (χ1) is 12.1. The molecule has 2 N–H and O–H groups in total. The van der Waals surface area contributed by atoms with Crippen LogP contribution in [-0.4, -0.2) is 21.8 Å². The lowest BCUT2D eigenvalue weighted by Gasteiger charge is -2.12. The molecule has 0 radical (unpaired) electrons. The Kier molecular flexibility index (Phi) is 4.99. The molecule has 6 heteroatoms. The van der Waals surface area contributed by atoms with Crippen LogP contribution in [0.1, 0.15) is 12.5 Å². The monoisotopic (exact) mass is 337 g/mol. The molecule has 25 heavy (non-hydrogen) atoms. The Labute approximate surface area is 145 Å². The van der Waals surface area contributed by atoms with Gasteiger partial charge in [0.05, 0.1) is 5.69 Å². The van der Waals surface area contributed by atoms with Gasteiger partial charge in [0.15, 0.2) is 6.10 Å². The number of carbonyl (C=O) groups is 1. The van der Waals surface area contributed by atoms with Crippen molar-refractivity contribution < 1.29 is 14.3 Å². The van der Waals surface area contributed by atoms with Gasteiger partial charge in [-0.3, -0.25) is 4.79 Å². The van der Waals surface area contributed by atoms with Crippen molar-refractivity contribution in [3.8, 4) is 17.2 Å². The van der Waals surface area contributed by atoms with Crippen molar-refractivity contribution in [3.63, 3.8) is 0 Å². The smallest absolute Gasteiger partial charge is 0.258 e. The number of carbonyl (C=O) groups excluding carboxylic acids is 1. The summed E-state index contributed by atoms with van der Waals surface area (Å²) in [6.45, 7) is 2.07. The molecule has 0 bridgehead atoms. The molecule has 2 aromatic carbocycles. The lowest BCUT2D eigenvalue weighted by atomic mass is 10.2. The van der Waals surface area contributed by atoms with E-state index < -0.39 is 12.0 Å². The van der Waals surface area contributed by atoms with Crippen LogP contribution in [0.15, 0.2) is 67.0 Å². The zero-order valence-electron chi connectivity index (χ0n) is 13.8. The van der Waals surface area contributed by atoms with Gasteiger partial charge in [-0.15, -0.1) is 0 Å². The molecule has 3 aromatic rings. The second-order valence-corrected chi connectivity index (χ2v) is 5.54. The number of aromatic nitrogens is 2. The Bertz CT molecular complexity index is 812. The molecular weight excluding hydrogens is 318 g/mol. The van der Waals surface area contributed by atoms with Gasteiger partial charge in [0.1, 0.15) is 18.1 Å². The van der Waals surface area contributed by atoms with Crippen LogP contribution in [-0.2, 0) is 11.4 Å². The maximum Gasteiger partial charge on any atom is 0.258 e. The number of nitrogens with zero attached hydrogens (tertiary/aromatic N) is 2. The maximum absolute atomic E-state index is 11.0. The Morgan fingerprint density at radius 2 is 1.80 bits per heavy atom. The van der Waals surface area contributed by atoms with Gasteiger partial charge in [-0.05, 0) is 55.0 Å². The number of hydrogen-bond donors (Lipinski definition) is 1. The number of hydrogen-bond acceptors (Lipinski definition) is 4. The molecule has 0 aliphatic heterocycles. The molecule has 1 atom stereocenters. The van der Waals surface area contributed by atoms with Crippen LogP contribution in [0.25, 0.3) is 5.69 Å². The molecule has 1 heterocycles. The molecule has 1 aromatic heterocycles. The molecule has 0 unspecified atom stereocenters. The van der Waals surface area contributed by atoms with Gasteiger partial charge in [0.25, 0.3) is 5.91 Å². The maximum atomic E-state index is 11.0. The average Bonchev–Trinajstić information content (AvgIpc) is 3.16. The Morgan fingerprint density at radius 3 is 2.40 bits per heavy atom. The minimum atomic E-state index is -0.667. The summed E-state index contributed by atoms with van der Waals surface area (Å²) in [5, 5.41) is 4.19. The number of primary amides is 1. The predicted molar refractivity (Wildman–Crippen MR) is 93.6 cm³/mol. The van der Waals surface area contributed by atoms with Crippen LogP contribution in [0.2, 0.25) is 0 Å². The van der Waals surface area contributed by atoms with Gasteiger partial charge in [-0.25, -0.2) is 4.68 Å². The highest BCUT2D eigenvalue weighted by atomic mass is 16.5. The third-order valence-electron chi connectivity index (χ3n) is 3.65. The van der Waals surface area contributed by atoms with Gasteiger partial charge in [0, 0.05) is 12.4 Å². The SMILES string of the molecule is C[C@H](Oc1ccc(OCc2ccc(-n3cccn3)cc2)cc1)C(N)=O. The molecule has 0 saturated carbocycles. The van der Waals surface area contributed by atoms with Crippen molar-refractivity contribution in [2.75, 3.05) is 0 Å². The number of ether oxygens (including phenoxy) is 2. The van der Waals surface area contributed by atoms with E-state index in [9.17, 15) is 4.79 Å². The lowest BCUT2D eigenvalue weighted by molar-refractivity contribution is -0.123. The molecule has 3 rings (SSSR count). The van der Waals surface area contributed by atoms with Gasteiger partial charge in [0.2, 0.25) is 0 Å². The van der Waals surface area contributed by atoms with E-state index in [2.05, 4.69) is 5.10 Å². The van der Waals surface area contributed by atoms with Gasteiger partial charge in [-0.1, -0.05) is 12.1 Å². The standard InChI is InChI=1S/C19H19N3O3/c1-14(19(20)23)25-18-9-7-17(8-10-18)24-13-15-3-5-16(6-4-15)22-12-2-11-21-22/h2-12,14H,13H2,1H3,(H2,20,23)/t14-/m0/s1. The fourth-order valence-electron chi connectivity index (χ4n) is 2.21. The Morgan fingerprint density at radius 1 is 1.12 bits per heavy atom. The first kappa shape index (κ1) is 16.6. The number of rotatable bonds is 7. The summed E-state index contributed by atoms with van der Waals surface area (Å²) in [7, 11) is 0.